The number of amides is 1. The van der Waals surface area contributed by atoms with Crippen molar-refractivity contribution in [3.05, 3.63) is 68.5 Å². The number of alkyl halides is 3. The molecule has 1 amide bonds. The van der Waals surface area contributed by atoms with Gasteiger partial charge in [-0.05, 0) is 49.4 Å². The molecular formula is C28H29ClF3N9O2S. The third-order valence-electron chi connectivity index (χ3n) is 8.16. The van der Waals surface area contributed by atoms with E-state index in [0.717, 1.165) is 27.8 Å². The van der Waals surface area contributed by atoms with Gasteiger partial charge in [0.2, 0.25) is 5.95 Å². The fraction of sp³-hybridized carbons (Fsp3) is 0.429. The summed E-state index contributed by atoms with van der Waals surface area (Å²) < 4.78 is 43.3. The lowest BCUT2D eigenvalue weighted by atomic mass is 10.0. The molecule has 1 saturated heterocycles. The van der Waals surface area contributed by atoms with Crippen LogP contribution in [0.25, 0.3) is 10.9 Å². The summed E-state index contributed by atoms with van der Waals surface area (Å²) >= 11 is 7.23. The van der Waals surface area contributed by atoms with Gasteiger partial charge in [0.25, 0.3) is 11.5 Å². The minimum absolute atomic E-state index is 0.0265. The number of hydrogen-bond acceptors (Lipinski definition) is 9. The predicted octanol–water partition coefficient (Wildman–Crippen LogP) is 4.47. The number of halogens is 4. The molecule has 1 aromatic carbocycles. The number of piperidine rings is 1. The van der Waals surface area contributed by atoms with E-state index in [1.807, 2.05) is 30.9 Å². The number of aryl methyl sites for hydroxylation is 1. The molecule has 11 nitrogen and oxygen atoms in total. The number of benzene rings is 1. The largest absolute Gasteiger partial charge is 0.408 e. The zero-order valence-corrected chi connectivity index (χ0v) is 25.8. The SMILES string of the molecule is CSNC(=O)c1nc(Cl)ccc1NC(C)c1cc(C)cc2c(=O)n(C)c(N3CC4C(C3)C4c3cn(CC(F)(F)F)nn3)nc12. The van der Waals surface area contributed by atoms with Crippen molar-refractivity contribution < 1.29 is 18.0 Å². The lowest BCUT2D eigenvalue weighted by Gasteiger charge is -2.25. The first-order chi connectivity index (χ1) is 20.8. The van der Waals surface area contributed by atoms with Gasteiger partial charge in [0, 0.05) is 44.1 Å². The lowest BCUT2D eigenvalue weighted by Crippen LogP contribution is -2.32. The third kappa shape index (κ3) is 5.70. The van der Waals surface area contributed by atoms with Crippen LogP contribution >= 0.6 is 23.5 Å². The molecule has 1 aliphatic heterocycles. The maximum absolute atomic E-state index is 13.6. The number of carbonyl (C=O) groups is 1. The number of carbonyl (C=O) groups excluding carboxylic acids is 1. The van der Waals surface area contributed by atoms with Crippen molar-refractivity contribution in [2.75, 3.05) is 29.6 Å². The first kappa shape index (κ1) is 30.2. The quantitative estimate of drug-likeness (QED) is 0.211. The Bertz CT molecular complexity index is 1820. The molecule has 2 N–H and O–H groups in total. The number of hydrogen-bond donors (Lipinski definition) is 2. The molecule has 0 bridgehead atoms. The Hall–Kier alpha value is -3.85. The Morgan fingerprint density at radius 2 is 1.93 bits per heavy atom. The van der Waals surface area contributed by atoms with E-state index in [4.69, 9.17) is 16.6 Å². The Morgan fingerprint density at radius 3 is 2.61 bits per heavy atom. The molecule has 2 aliphatic rings. The highest BCUT2D eigenvalue weighted by Crippen LogP contribution is 2.58. The molecule has 4 aromatic rings. The van der Waals surface area contributed by atoms with Crippen LogP contribution in [0.1, 0.15) is 46.2 Å². The van der Waals surface area contributed by atoms with Crippen LogP contribution in [0.15, 0.2) is 35.3 Å². The molecule has 232 valence electrons. The Balaban J connectivity index is 1.28. The lowest BCUT2D eigenvalue weighted by molar-refractivity contribution is -0.142. The summed E-state index contributed by atoms with van der Waals surface area (Å²) in [6, 6.07) is 6.68. The molecular weight excluding hydrogens is 619 g/mol. The molecule has 2 fully saturated rings. The Kier molecular flexibility index (Phi) is 7.72. The molecule has 3 unspecified atom stereocenters. The zero-order chi connectivity index (χ0) is 31.5. The number of nitrogens with zero attached hydrogens (tertiary/aromatic N) is 7. The fourth-order valence-corrected chi connectivity index (χ4v) is 6.62. The zero-order valence-electron chi connectivity index (χ0n) is 24.2. The monoisotopic (exact) mass is 647 g/mol. The second-order valence-corrected chi connectivity index (χ2v) is 12.3. The van der Waals surface area contributed by atoms with Gasteiger partial charge in [-0.1, -0.05) is 34.8 Å². The predicted molar refractivity (Wildman–Crippen MR) is 162 cm³/mol. The van der Waals surface area contributed by atoms with Gasteiger partial charge in [0.05, 0.1) is 28.3 Å². The molecule has 16 heteroatoms. The number of pyridine rings is 1. The molecule has 0 radical (unpaired) electrons. The fourth-order valence-electron chi connectivity index (χ4n) is 6.19. The van der Waals surface area contributed by atoms with Crippen molar-refractivity contribution in [1.29, 1.82) is 0 Å². The van der Waals surface area contributed by atoms with Gasteiger partial charge in [-0.25, -0.2) is 14.6 Å². The smallest absolute Gasteiger partial charge is 0.377 e. The van der Waals surface area contributed by atoms with Crippen molar-refractivity contribution in [3.63, 3.8) is 0 Å². The maximum atomic E-state index is 13.6. The molecule has 4 heterocycles. The van der Waals surface area contributed by atoms with E-state index in [1.54, 1.807) is 25.4 Å². The minimum Gasteiger partial charge on any atom is -0.377 e. The standard InChI is InChI=1S/C28H29ClF3N9O2S/c1-13-7-15(14(2)33-19-5-6-21(29)34-24(19)25(42)37-44-4)23-16(8-13)26(43)39(3)27(35-23)40-9-17-18(10-40)22(17)20-11-41(38-36-20)12-28(30,31)32/h5-8,11,14,17-18,22,33H,9-10,12H2,1-4H3,(H,37,42). The van der Waals surface area contributed by atoms with Crippen LogP contribution in [0.2, 0.25) is 5.15 Å². The molecule has 3 aromatic heterocycles. The number of fused-ring (bicyclic) bond motifs is 2. The molecule has 1 aliphatic carbocycles. The number of anilines is 2. The third-order valence-corrected chi connectivity index (χ3v) is 8.76. The average molecular weight is 648 g/mol. The van der Waals surface area contributed by atoms with Gasteiger partial charge in [-0.2, -0.15) is 13.2 Å². The van der Waals surface area contributed by atoms with Crippen LogP contribution < -0.4 is 20.5 Å². The second kappa shape index (κ2) is 11.3. The van der Waals surface area contributed by atoms with Gasteiger partial charge in [0.15, 0.2) is 5.69 Å². The summed E-state index contributed by atoms with van der Waals surface area (Å²) in [4.78, 5) is 37.5. The Morgan fingerprint density at radius 1 is 1.20 bits per heavy atom. The van der Waals surface area contributed by atoms with Crippen LogP contribution in [0, 0.1) is 18.8 Å². The molecule has 44 heavy (non-hydrogen) atoms. The van der Waals surface area contributed by atoms with Crippen LogP contribution in [0.4, 0.5) is 24.8 Å². The summed E-state index contributed by atoms with van der Waals surface area (Å²) in [5.74, 6) is 0.505. The van der Waals surface area contributed by atoms with Crippen molar-refractivity contribution in [3.8, 4) is 0 Å². The van der Waals surface area contributed by atoms with Crippen molar-refractivity contribution in [2.45, 2.75) is 38.5 Å². The number of nitrogens with one attached hydrogen (secondary N) is 2. The van der Waals surface area contributed by atoms with E-state index in [9.17, 15) is 22.8 Å². The summed E-state index contributed by atoms with van der Waals surface area (Å²) in [6.07, 6.45) is -1.26. The highest BCUT2D eigenvalue weighted by molar-refractivity contribution is 7.97. The number of aromatic nitrogens is 6. The first-order valence-corrected chi connectivity index (χ1v) is 15.4. The van der Waals surface area contributed by atoms with Crippen LogP contribution in [-0.4, -0.2) is 61.0 Å². The highest BCUT2D eigenvalue weighted by Gasteiger charge is 2.58. The molecule has 6 rings (SSSR count). The minimum atomic E-state index is -4.37. The van der Waals surface area contributed by atoms with E-state index in [2.05, 4.69) is 25.3 Å². The summed E-state index contributed by atoms with van der Waals surface area (Å²) in [6.45, 7) is 3.83. The van der Waals surface area contributed by atoms with Crippen LogP contribution in [0.5, 0.6) is 0 Å². The molecule has 3 atom stereocenters. The highest BCUT2D eigenvalue weighted by atomic mass is 35.5. The van der Waals surface area contributed by atoms with E-state index in [0.29, 0.717) is 41.3 Å². The van der Waals surface area contributed by atoms with E-state index in [1.165, 1.54) is 10.8 Å². The second-order valence-electron chi connectivity index (χ2n) is 11.3. The van der Waals surface area contributed by atoms with Crippen molar-refractivity contribution in [2.24, 2.45) is 18.9 Å². The van der Waals surface area contributed by atoms with E-state index >= 15 is 0 Å². The van der Waals surface area contributed by atoms with Crippen molar-refractivity contribution >= 4 is 52.0 Å². The number of rotatable bonds is 8. The van der Waals surface area contributed by atoms with E-state index < -0.39 is 18.6 Å². The van der Waals surface area contributed by atoms with Crippen molar-refractivity contribution in [1.82, 2.24) is 34.3 Å². The van der Waals surface area contributed by atoms with Gasteiger partial charge < -0.3 is 10.2 Å². The van der Waals surface area contributed by atoms with Gasteiger partial charge in [-0.3, -0.25) is 18.9 Å². The van der Waals surface area contributed by atoms with Gasteiger partial charge >= 0.3 is 6.18 Å². The molecule has 0 spiro atoms. The Labute approximate surface area is 259 Å². The summed E-state index contributed by atoms with van der Waals surface area (Å²) in [7, 11) is 1.69. The first-order valence-electron chi connectivity index (χ1n) is 13.8. The van der Waals surface area contributed by atoms with Crippen LogP contribution in [0.3, 0.4) is 0 Å². The summed E-state index contributed by atoms with van der Waals surface area (Å²) in [5.41, 5.74) is 3.18. The normalized spacial score (nSPS) is 20.1. The van der Waals surface area contributed by atoms with E-state index in [-0.39, 0.29) is 40.2 Å². The van der Waals surface area contributed by atoms with Gasteiger partial charge in [0.1, 0.15) is 11.7 Å². The summed E-state index contributed by atoms with van der Waals surface area (Å²) in [5, 5.41) is 11.7. The molecule has 1 saturated carbocycles. The topological polar surface area (TPSA) is 123 Å². The average Bonchev–Trinajstić information content (AvgIpc) is 3.24. The van der Waals surface area contributed by atoms with Gasteiger partial charge in [-0.15, -0.1) is 5.10 Å². The van der Waals surface area contributed by atoms with Crippen LogP contribution in [-0.2, 0) is 13.6 Å². The maximum Gasteiger partial charge on any atom is 0.408 e.